The van der Waals surface area contributed by atoms with Gasteiger partial charge in [0, 0.05) is 29.5 Å². The summed E-state index contributed by atoms with van der Waals surface area (Å²) < 4.78 is 39.0. The van der Waals surface area contributed by atoms with Crippen molar-refractivity contribution in [2.45, 2.75) is 6.42 Å². The summed E-state index contributed by atoms with van der Waals surface area (Å²) >= 11 is 1.34. The molecule has 5 heteroatoms. The van der Waals surface area contributed by atoms with Crippen molar-refractivity contribution in [2.75, 3.05) is 0 Å². The quantitative estimate of drug-likeness (QED) is 0.770. The lowest BCUT2D eigenvalue weighted by molar-refractivity contribution is 0.527. The Morgan fingerprint density at radius 2 is 1.80 bits per heavy atom. The van der Waals surface area contributed by atoms with E-state index in [0.29, 0.717) is 17.8 Å². The predicted molar refractivity (Wildman–Crippen MR) is 51.2 cm³/mol. The maximum atomic E-state index is 13.2. The molecule has 1 aromatic carbocycles. The summed E-state index contributed by atoms with van der Waals surface area (Å²) in [5, 5.41) is 1.70. The average Bonchev–Trinajstić information content (AvgIpc) is 2.63. The van der Waals surface area contributed by atoms with Gasteiger partial charge >= 0.3 is 0 Å². The summed E-state index contributed by atoms with van der Waals surface area (Å²) in [5.41, 5.74) is 2.00. The van der Waals surface area contributed by atoms with E-state index >= 15 is 0 Å². The van der Waals surface area contributed by atoms with E-state index in [9.17, 15) is 13.2 Å². The van der Waals surface area contributed by atoms with E-state index in [1.54, 1.807) is 10.9 Å². The summed E-state index contributed by atoms with van der Waals surface area (Å²) in [5.74, 6) is -2.66. The standard InChI is InChI=1S/C10H6F3NS/c11-6-1-9(12)8(10(13)2-6)3-7-4-15-5-14-7/h1-2,4-5H,3H2. The Balaban J connectivity index is 2.36. The molecular formula is C10H6F3NS. The predicted octanol–water partition coefficient (Wildman–Crippen LogP) is 3.15. The van der Waals surface area contributed by atoms with Crippen LogP contribution in [0.2, 0.25) is 0 Å². The molecule has 0 unspecified atom stereocenters. The molecule has 0 bridgehead atoms. The van der Waals surface area contributed by atoms with Gasteiger partial charge in [-0.2, -0.15) is 0 Å². The smallest absolute Gasteiger partial charge is 0.132 e. The van der Waals surface area contributed by atoms with Crippen LogP contribution in [0.25, 0.3) is 0 Å². The SMILES string of the molecule is Fc1cc(F)c(Cc2cscn2)c(F)c1. The maximum Gasteiger partial charge on any atom is 0.132 e. The van der Waals surface area contributed by atoms with E-state index in [0.717, 1.165) is 0 Å². The molecule has 1 aromatic heterocycles. The van der Waals surface area contributed by atoms with E-state index in [4.69, 9.17) is 0 Å². The molecular weight excluding hydrogens is 223 g/mol. The van der Waals surface area contributed by atoms with E-state index in [-0.39, 0.29) is 12.0 Å². The zero-order valence-corrected chi connectivity index (χ0v) is 8.32. The molecule has 0 fully saturated rings. The third-order valence-electron chi connectivity index (χ3n) is 1.95. The van der Waals surface area contributed by atoms with Crippen LogP contribution in [0.4, 0.5) is 13.2 Å². The first kappa shape index (κ1) is 10.2. The molecule has 0 amide bonds. The number of hydrogen-bond acceptors (Lipinski definition) is 2. The van der Waals surface area contributed by atoms with Crippen molar-refractivity contribution in [3.63, 3.8) is 0 Å². The second-order valence-electron chi connectivity index (χ2n) is 3.00. The van der Waals surface area contributed by atoms with Crippen molar-refractivity contribution in [1.29, 1.82) is 0 Å². The number of rotatable bonds is 2. The Labute approximate surface area is 88.2 Å². The molecule has 15 heavy (non-hydrogen) atoms. The number of thiazole rings is 1. The molecule has 0 radical (unpaired) electrons. The monoisotopic (exact) mass is 229 g/mol. The van der Waals surface area contributed by atoms with Gasteiger partial charge in [0.15, 0.2) is 0 Å². The summed E-state index contributed by atoms with van der Waals surface area (Å²) in [6, 6.07) is 1.34. The van der Waals surface area contributed by atoms with Gasteiger partial charge < -0.3 is 0 Å². The van der Waals surface area contributed by atoms with Crippen LogP contribution in [0, 0.1) is 17.5 Å². The van der Waals surface area contributed by atoms with E-state index < -0.39 is 17.5 Å². The van der Waals surface area contributed by atoms with Gasteiger partial charge in [-0.3, -0.25) is 0 Å². The lowest BCUT2D eigenvalue weighted by Crippen LogP contribution is -1.98. The Bertz CT molecular complexity index is 445. The van der Waals surface area contributed by atoms with Gasteiger partial charge in [0.2, 0.25) is 0 Å². The number of nitrogens with zero attached hydrogens (tertiary/aromatic N) is 1. The normalized spacial score (nSPS) is 10.6. The van der Waals surface area contributed by atoms with Crippen LogP contribution in [0.1, 0.15) is 11.3 Å². The molecule has 78 valence electrons. The fourth-order valence-electron chi connectivity index (χ4n) is 1.25. The summed E-state index contributed by atoms with van der Waals surface area (Å²) in [7, 11) is 0. The largest absolute Gasteiger partial charge is 0.249 e. The van der Waals surface area contributed by atoms with Gasteiger partial charge in [-0.1, -0.05) is 0 Å². The van der Waals surface area contributed by atoms with Crippen LogP contribution in [0.3, 0.4) is 0 Å². The Morgan fingerprint density at radius 1 is 1.13 bits per heavy atom. The molecule has 2 aromatic rings. The van der Waals surface area contributed by atoms with Crippen LogP contribution >= 0.6 is 11.3 Å². The first-order chi connectivity index (χ1) is 7.16. The van der Waals surface area contributed by atoms with Gasteiger partial charge in [-0.15, -0.1) is 11.3 Å². The minimum atomic E-state index is -0.910. The van der Waals surface area contributed by atoms with Gasteiger partial charge in [-0.25, -0.2) is 18.2 Å². The summed E-state index contributed by atoms with van der Waals surface area (Å²) in [6.07, 6.45) is 0.0431. The fourth-order valence-corrected chi connectivity index (χ4v) is 1.81. The maximum absolute atomic E-state index is 13.2. The van der Waals surface area contributed by atoms with Gasteiger partial charge in [0.1, 0.15) is 17.5 Å². The minimum Gasteiger partial charge on any atom is -0.249 e. The highest BCUT2D eigenvalue weighted by Crippen LogP contribution is 2.18. The van der Waals surface area contributed by atoms with Crippen LogP contribution in [0.5, 0.6) is 0 Å². The first-order valence-electron chi connectivity index (χ1n) is 4.17. The number of halogens is 3. The van der Waals surface area contributed by atoms with Gasteiger partial charge in [-0.05, 0) is 0 Å². The molecule has 0 aliphatic carbocycles. The van der Waals surface area contributed by atoms with Gasteiger partial charge in [0.25, 0.3) is 0 Å². The molecule has 0 saturated carbocycles. The molecule has 0 aliphatic heterocycles. The molecule has 0 atom stereocenters. The van der Waals surface area contributed by atoms with Crippen molar-refractivity contribution in [2.24, 2.45) is 0 Å². The summed E-state index contributed by atoms with van der Waals surface area (Å²) in [4.78, 5) is 3.91. The van der Waals surface area contributed by atoms with Crippen LogP contribution in [-0.4, -0.2) is 4.98 Å². The van der Waals surface area contributed by atoms with Crippen LogP contribution < -0.4 is 0 Å². The van der Waals surface area contributed by atoms with Crippen LogP contribution in [0.15, 0.2) is 23.0 Å². The number of aromatic nitrogens is 1. The third kappa shape index (κ3) is 2.18. The average molecular weight is 229 g/mol. The highest BCUT2D eigenvalue weighted by atomic mass is 32.1. The lowest BCUT2D eigenvalue weighted by Gasteiger charge is -2.02. The first-order valence-corrected chi connectivity index (χ1v) is 5.11. The minimum absolute atomic E-state index is 0.0431. The molecule has 0 N–H and O–H groups in total. The topological polar surface area (TPSA) is 12.9 Å². The van der Waals surface area contributed by atoms with Gasteiger partial charge in [0.05, 0.1) is 11.2 Å². The zero-order chi connectivity index (χ0) is 10.8. The highest BCUT2D eigenvalue weighted by molar-refractivity contribution is 7.07. The second kappa shape index (κ2) is 4.02. The number of hydrogen-bond donors (Lipinski definition) is 0. The van der Waals surface area contributed by atoms with E-state index in [1.807, 2.05) is 0 Å². The van der Waals surface area contributed by atoms with Crippen molar-refractivity contribution in [3.05, 3.63) is 51.7 Å². The molecule has 0 spiro atoms. The van der Waals surface area contributed by atoms with Crippen molar-refractivity contribution in [1.82, 2.24) is 4.98 Å². The third-order valence-corrected chi connectivity index (χ3v) is 2.58. The summed E-state index contributed by atoms with van der Waals surface area (Å²) in [6.45, 7) is 0. The number of benzene rings is 1. The van der Waals surface area contributed by atoms with E-state index in [1.165, 1.54) is 11.3 Å². The Morgan fingerprint density at radius 3 is 2.33 bits per heavy atom. The molecule has 1 nitrogen and oxygen atoms in total. The Kier molecular flexibility index (Phi) is 2.73. The van der Waals surface area contributed by atoms with Crippen LogP contribution in [-0.2, 0) is 6.42 Å². The second-order valence-corrected chi connectivity index (χ2v) is 3.72. The molecule has 0 saturated heterocycles. The fraction of sp³-hybridized carbons (Fsp3) is 0.100. The molecule has 1 heterocycles. The molecule has 2 rings (SSSR count). The van der Waals surface area contributed by atoms with Crippen molar-refractivity contribution < 1.29 is 13.2 Å². The lowest BCUT2D eigenvalue weighted by atomic mass is 10.1. The Hall–Kier alpha value is -1.36. The zero-order valence-electron chi connectivity index (χ0n) is 7.51. The van der Waals surface area contributed by atoms with Crippen molar-refractivity contribution in [3.8, 4) is 0 Å². The molecule has 0 aliphatic rings. The van der Waals surface area contributed by atoms with E-state index in [2.05, 4.69) is 4.98 Å². The van der Waals surface area contributed by atoms with Crippen molar-refractivity contribution >= 4 is 11.3 Å². The highest BCUT2D eigenvalue weighted by Gasteiger charge is 2.12.